The van der Waals surface area contributed by atoms with Gasteiger partial charge in [0.2, 0.25) is 0 Å². The fourth-order valence-electron chi connectivity index (χ4n) is 3.62. The molecule has 15 heavy (non-hydrogen) atoms. The van der Waals surface area contributed by atoms with Crippen LogP contribution in [0.2, 0.25) is 0 Å². The van der Waals surface area contributed by atoms with Gasteiger partial charge in [0.05, 0.1) is 12.1 Å². The Morgan fingerprint density at radius 2 is 2.33 bits per heavy atom. The highest BCUT2D eigenvalue weighted by molar-refractivity contribution is 5.78. The van der Waals surface area contributed by atoms with Crippen LogP contribution in [0.15, 0.2) is 0 Å². The molecule has 3 rings (SSSR count). The van der Waals surface area contributed by atoms with Gasteiger partial charge < -0.3 is 15.5 Å². The summed E-state index contributed by atoms with van der Waals surface area (Å²) >= 11 is 0. The fraction of sp³-hybridized carbons (Fsp3) is 0.909. The number of hydrogen-bond donors (Lipinski definition) is 2. The molecular formula is C11H19N3O. The first-order chi connectivity index (χ1) is 7.29. The maximum atomic E-state index is 11.8. The number of likely N-dealkylation sites (N-methyl/N-ethyl adjacent to an activating group) is 1. The van der Waals surface area contributed by atoms with E-state index in [0.29, 0.717) is 24.0 Å². The van der Waals surface area contributed by atoms with Crippen LogP contribution in [0.4, 0.5) is 4.79 Å². The van der Waals surface area contributed by atoms with Crippen molar-refractivity contribution in [2.45, 2.75) is 43.8 Å². The monoisotopic (exact) mass is 209 g/mol. The quantitative estimate of drug-likeness (QED) is 0.662. The summed E-state index contributed by atoms with van der Waals surface area (Å²) in [4.78, 5) is 13.9. The van der Waals surface area contributed by atoms with Crippen LogP contribution in [0.25, 0.3) is 0 Å². The van der Waals surface area contributed by atoms with Crippen molar-refractivity contribution in [1.29, 1.82) is 0 Å². The lowest BCUT2D eigenvalue weighted by atomic mass is 9.75. The van der Waals surface area contributed by atoms with Gasteiger partial charge in [-0.1, -0.05) is 6.42 Å². The lowest BCUT2D eigenvalue weighted by Crippen LogP contribution is -2.55. The summed E-state index contributed by atoms with van der Waals surface area (Å²) < 4.78 is 0. The van der Waals surface area contributed by atoms with Crippen LogP contribution in [0.1, 0.15) is 25.7 Å². The van der Waals surface area contributed by atoms with Crippen LogP contribution < -0.4 is 10.6 Å². The number of hydrogen-bond acceptors (Lipinski definition) is 2. The second kappa shape index (κ2) is 3.37. The lowest BCUT2D eigenvalue weighted by molar-refractivity contribution is 0.0887. The number of piperidine rings is 1. The van der Waals surface area contributed by atoms with Gasteiger partial charge in [0, 0.05) is 12.6 Å². The molecule has 4 nitrogen and oxygen atoms in total. The van der Waals surface area contributed by atoms with E-state index < -0.39 is 0 Å². The van der Waals surface area contributed by atoms with Crippen LogP contribution in [-0.2, 0) is 0 Å². The van der Waals surface area contributed by atoms with Gasteiger partial charge in [-0.05, 0) is 32.2 Å². The fourth-order valence-corrected chi connectivity index (χ4v) is 3.62. The number of nitrogens with one attached hydrogen (secondary N) is 2. The first-order valence-electron chi connectivity index (χ1n) is 6.04. The Kier molecular flexibility index (Phi) is 2.12. The average molecular weight is 209 g/mol. The molecule has 0 bridgehead atoms. The molecule has 0 spiro atoms. The summed E-state index contributed by atoms with van der Waals surface area (Å²) in [6, 6.07) is 1.59. The molecule has 3 unspecified atom stereocenters. The number of urea groups is 1. The maximum Gasteiger partial charge on any atom is 0.318 e. The van der Waals surface area contributed by atoms with E-state index in [-0.39, 0.29) is 6.03 Å². The molecule has 2 amide bonds. The molecule has 2 heterocycles. The summed E-state index contributed by atoms with van der Waals surface area (Å²) in [6.07, 6.45) is 4.98. The minimum atomic E-state index is 0.164. The number of carbonyl (C=O) groups is 1. The van der Waals surface area contributed by atoms with Crippen molar-refractivity contribution < 1.29 is 4.79 Å². The topological polar surface area (TPSA) is 44.4 Å². The zero-order valence-electron chi connectivity index (χ0n) is 9.20. The van der Waals surface area contributed by atoms with Gasteiger partial charge in [0.15, 0.2) is 0 Å². The molecular weight excluding hydrogens is 190 g/mol. The molecule has 0 aromatic rings. The van der Waals surface area contributed by atoms with E-state index in [0.717, 1.165) is 6.54 Å². The minimum Gasteiger partial charge on any atom is -0.333 e. The zero-order chi connectivity index (χ0) is 10.4. The number of carbonyl (C=O) groups excluding carboxylic acids is 1. The highest BCUT2D eigenvalue weighted by Crippen LogP contribution is 2.38. The average Bonchev–Trinajstić information content (AvgIpc) is 2.58. The second-order valence-corrected chi connectivity index (χ2v) is 5.11. The molecule has 2 saturated heterocycles. The Morgan fingerprint density at radius 3 is 3.13 bits per heavy atom. The van der Waals surface area contributed by atoms with E-state index in [1.165, 1.54) is 25.7 Å². The molecule has 4 atom stereocenters. The minimum absolute atomic E-state index is 0.164. The Balaban J connectivity index is 1.85. The predicted molar refractivity (Wildman–Crippen MR) is 57.6 cm³/mol. The van der Waals surface area contributed by atoms with E-state index in [1.807, 2.05) is 7.05 Å². The van der Waals surface area contributed by atoms with Crippen molar-refractivity contribution in [2.24, 2.45) is 5.92 Å². The molecule has 2 aliphatic heterocycles. The van der Waals surface area contributed by atoms with Crippen LogP contribution in [0.3, 0.4) is 0 Å². The van der Waals surface area contributed by atoms with Crippen molar-refractivity contribution in [2.75, 3.05) is 13.6 Å². The smallest absolute Gasteiger partial charge is 0.318 e. The molecule has 2 N–H and O–H groups in total. The SMILES string of the molecule is CN[C@@H]1CC2CCCC3NC(=O)N(C1)C23. The number of amides is 2. The van der Waals surface area contributed by atoms with Gasteiger partial charge in [-0.3, -0.25) is 0 Å². The zero-order valence-corrected chi connectivity index (χ0v) is 9.20. The molecule has 0 aromatic heterocycles. The first-order valence-corrected chi connectivity index (χ1v) is 6.04. The van der Waals surface area contributed by atoms with Gasteiger partial charge in [0.25, 0.3) is 0 Å². The molecule has 84 valence electrons. The van der Waals surface area contributed by atoms with Crippen molar-refractivity contribution in [3.8, 4) is 0 Å². The van der Waals surface area contributed by atoms with Crippen molar-refractivity contribution in [1.82, 2.24) is 15.5 Å². The Labute approximate surface area is 90.4 Å². The third kappa shape index (κ3) is 1.34. The van der Waals surface area contributed by atoms with E-state index in [4.69, 9.17) is 0 Å². The molecule has 0 aromatic carbocycles. The van der Waals surface area contributed by atoms with Crippen LogP contribution >= 0.6 is 0 Å². The molecule has 3 aliphatic rings. The van der Waals surface area contributed by atoms with Crippen LogP contribution in [0.5, 0.6) is 0 Å². The molecule has 3 fully saturated rings. The van der Waals surface area contributed by atoms with E-state index in [9.17, 15) is 4.79 Å². The largest absolute Gasteiger partial charge is 0.333 e. The summed E-state index contributed by atoms with van der Waals surface area (Å²) in [5, 5.41) is 6.45. The molecule has 4 heteroatoms. The first kappa shape index (κ1) is 9.46. The molecule has 0 radical (unpaired) electrons. The van der Waals surface area contributed by atoms with E-state index in [2.05, 4.69) is 15.5 Å². The molecule has 1 aliphatic carbocycles. The van der Waals surface area contributed by atoms with Crippen molar-refractivity contribution >= 4 is 6.03 Å². The van der Waals surface area contributed by atoms with Gasteiger partial charge in [0.1, 0.15) is 0 Å². The van der Waals surface area contributed by atoms with Crippen LogP contribution in [-0.4, -0.2) is 42.6 Å². The normalized spacial score (nSPS) is 43.8. The van der Waals surface area contributed by atoms with Crippen LogP contribution in [0, 0.1) is 5.92 Å². The summed E-state index contributed by atoms with van der Waals surface area (Å²) in [7, 11) is 2.00. The Morgan fingerprint density at radius 1 is 1.47 bits per heavy atom. The van der Waals surface area contributed by atoms with Gasteiger partial charge in [-0.25, -0.2) is 4.79 Å². The van der Waals surface area contributed by atoms with Crippen molar-refractivity contribution in [3.05, 3.63) is 0 Å². The summed E-state index contributed by atoms with van der Waals surface area (Å²) in [5.74, 6) is 0.717. The third-order valence-electron chi connectivity index (χ3n) is 4.33. The standard InChI is InChI=1S/C11H19N3O/c1-12-8-5-7-3-2-4-9-10(7)14(6-8)11(15)13-9/h7-10,12H,2-6H2,1H3,(H,13,15)/t7?,8-,9?,10?/m1/s1. The van der Waals surface area contributed by atoms with Gasteiger partial charge >= 0.3 is 6.03 Å². The van der Waals surface area contributed by atoms with Crippen molar-refractivity contribution in [3.63, 3.8) is 0 Å². The maximum absolute atomic E-state index is 11.8. The molecule has 1 saturated carbocycles. The van der Waals surface area contributed by atoms with E-state index >= 15 is 0 Å². The lowest BCUT2D eigenvalue weighted by Gasteiger charge is -2.44. The highest BCUT2D eigenvalue weighted by atomic mass is 16.2. The summed E-state index contributed by atoms with van der Waals surface area (Å²) in [6.45, 7) is 0.889. The number of rotatable bonds is 1. The van der Waals surface area contributed by atoms with E-state index in [1.54, 1.807) is 0 Å². The summed E-state index contributed by atoms with van der Waals surface area (Å²) in [5.41, 5.74) is 0. The predicted octanol–water partition coefficient (Wildman–Crippen LogP) is 0.541. The van der Waals surface area contributed by atoms with Gasteiger partial charge in [-0.2, -0.15) is 0 Å². The number of nitrogens with zero attached hydrogens (tertiary/aromatic N) is 1. The Bertz CT molecular complexity index is 281. The second-order valence-electron chi connectivity index (χ2n) is 5.11. The van der Waals surface area contributed by atoms with Gasteiger partial charge in [-0.15, -0.1) is 0 Å². The highest BCUT2D eigenvalue weighted by Gasteiger charge is 2.49. The third-order valence-corrected chi connectivity index (χ3v) is 4.33. The Hall–Kier alpha value is -0.770.